The maximum atomic E-state index is 12.6. The van der Waals surface area contributed by atoms with Crippen molar-refractivity contribution >= 4 is 10.0 Å². The molecule has 0 unspecified atom stereocenters. The smallest absolute Gasteiger partial charge is 0.240 e. The van der Waals surface area contributed by atoms with Crippen molar-refractivity contribution in [1.29, 1.82) is 0 Å². The molecular formula is C20H19N5O3S. The highest BCUT2D eigenvalue weighted by Gasteiger charge is 2.14. The first kappa shape index (κ1) is 19.0. The fourth-order valence-corrected chi connectivity index (χ4v) is 3.83. The van der Waals surface area contributed by atoms with Gasteiger partial charge in [0.15, 0.2) is 5.89 Å². The van der Waals surface area contributed by atoms with Gasteiger partial charge in [0.1, 0.15) is 12.0 Å². The third kappa shape index (κ3) is 4.25. The van der Waals surface area contributed by atoms with Gasteiger partial charge in [-0.05, 0) is 23.8 Å². The van der Waals surface area contributed by atoms with Crippen LogP contribution in [0.5, 0.6) is 0 Å². The van der Waals surface area contributed by atoms with Crippen LogP contribution < -0.4 is 4.72 Å². The van der Waals surface area contributed by atoms with Gasteiger partial charge in [-0.3, -0.25) is 9.67 Å². The summed E-state index contributed by atoms with van der Waals surface area (Å²) >= 11 is 0. The predicted octanol–water partition coefficient (Wildman–Crippen LogP) is 2.92. The van der Waals surface area contributed by atoms with Crippen LogP contribution in [0.4, 0.5) is 0 Å². The van der Waals surface area contributed by atoms with Crippen molar-refractivity contribution in [1.82, 2.24) is 24.5 Å². The zero-order valence-electron chi connectivity index (χ0n) is 15.9. The fourth-order valence-electron chi connectivity index (χ4n) is 2.82. The number of oxazole rings is 1. The second kappa shape index (κ2) is 7.61. The molecule has 0 spiro atoms. The topological polar surface area (TPSA) is 103 Å². The summed E-state index contributed by atoms with van der Waals surface area (Å²) in [5.41, 5.74) is 3.90. The van der Waals surface area contributed by atoms with Gasteiger partial charge in [-0.15, -0.1) is 0 Å². The Morgan fingerprint density at radius 3 is 2.41 bits per heavy atom. The van der Waals surface area contributed by atoms with Crippen LogP contribution in [0.3, 0.4) is 0 Å². The lowest BCUT2D eigenvalue weighted by molar-refractivity contribution is 0.521. The fraction of sp³-hybridized carbons (Fsp3) is 0.150. The van der Waals surface area contributed by atoms with Crippen LogP contribution >= 0.6 is 0 Å². The number of hydrogen-bond donors (Lipinski definition) is 1. The summed E-state index contributed by atoms with van der Waals surface area (Å²) in [6.07, 6.45) is 6.80. The summed E-state index contributed by atoms with van der Waals surface area (Å²) in [6, 6.07) is 10.2. The first-order valence-corrected chi connectivity index (χ1v) is 10.4. The Labute approximate surface area is 168 Å². The number of sulfonamides is 1. The quantitative estimate of drug-likeness (QED) is 0.525. The number of benzene rings is 1. The monoisotopic (exact) mass is 409 g/mol. The molecule has 0 radical (unpaired) electrons. The standard InChI is InChI=1S/C20H19N5O3S/c1-14-24-20(13-28-14)16-4-6-18(7-5-16)29(26,27)23-10-15-3-8-19(21-9-15)17-11-22-25(2)12-17/h3-9,11-13,23H,10H2,1-2H3. The van der Waals surface area contributed by atoms with Crippen LogP contribution in [0.1, 0.15) is 11.5 Å². The van der Waals surface area contributed by atoms with E-state index in [-0.39, 0.29) is 11.4 Å². The minimum atomic E-state index is -3.65. The molecule has 0 aliphatic carbocycles. The average Bonchev–Trinajstić information content (AvgIpc) is 3.35. The number of nitrogens with zero attached hydrogens (tertiary/aromatic N) is 4. The molecule has 9 heteroatoms. The maximum absolute atomic E-state index is 12.6. The molecule has 29 heavy (non-hydrogen) atoms. The molecule has 0 saturated carbocycles. The highest BCUT2D eigenvalue weighted by atomic mass is 32.2. The summed E-state index contributed by atoms with van der Waals surface area (Å²) in [6.45, 7) is 1.90. The molecule has 0 amide bonds. The number of aryl methyl sites for hydroxylation is 2. The molecule has 1 aromatic carbocycles. The molecule has 3 heterocycles. The number of hydrogen-bond acceptors (Lipinski definition) is 6. The van der Waals surface area contributed by atoms with E-state index in [0.29, 0.717) is 11.6 Å². The summed E-state index contributed by atoms with van der Waals surface area (Å²) in [7, 11) is -1.81. The van der Waals surface area contributed by atoms with Crippen molar-refractivity contribution in [2.45, 2.75) is 18.4 Å². The highest BCUT2D eigenvalue weighted by molar-refractivity contribution is 7.89. The van der Waals surface area contributed by atoms with Crippen LogP contribution in [-0.4, -0.2) is 28.2 Å². The van der Waals surface area contributed by atoms with Crippen LogP contribution in [-0.2, 0) is 23.6 Å². The summed E-state index contributed by atoms with van der Waals surface area (Å²) in [5, 5.41) is 4.12. The van der Waals surface area contributed by atoms with Gasteiger partial charge in [0, 0.05) is 44.0 Å². The van der Waals surface area contributed by atoms with Gasteiger partial charge in [0.25, 0.3) is 0 Å². The van der Waals surface area contributed by atoms with Gasteiger partial charge in [0.2, 0.25) is 10.0 Å². The zero-order chi connectivity index (χ0) is 20.4. The first-order chi connectivity index (χ1) is 13.9. The van der Waals surface area contributed by atoms with Gasteiger partial charge in [-0.1, -0.05) is 18.2 Å². The van der Waals surface area contributed by atoms with Crippen molar-refractivity contribution in [2.75, 3.05) is 0 Å². The van der Waals surface area contributed by atoms with E-state index < -0.39 is 10.0 Å². The normalized spacial score (nSPS) is 11.7. The van der Waals surface area contributed by atoms with E-state index >= 15 is 0 Å². The second-order valence-electron chi connectivity index (χ2n) is 6.56. The summed E-state index contributed by atoms with van der Waals surface area (Å²) in [4.78, 5) is 8.80. The lowest BCUT2D eigenvalue weighted by atomic mass is 10.2. The molecule has 4 aromatic rings. The van der Waals surface area contributed by atoms with Crippen LogP contribution in [0.15, 0.2) is 70.6 Å². The largest absolute Gasteiger partial charge is 0.449 e. The van der Waals surface area contributed by atoms with E-state index in [0.717, 1.165) is 22.4 Å². The van der Waals surface area contributed by atoms with E-state index in [2.05, 4.69) is 19.8 Å². The van der Waals surface area contributed by atoms with Gasteiger partial charge in [-0.2, -0.15) is 5.10 Å². The number of pyridine rings is 1. The molecule has 0 bridgehead atoms. The van der Waals surface area contributed by atoms with Gasteiger partial charge in [0.05, 0.1) is 16.8 Å². The molecule has 0 saturated heterocycles. The van der Waals surface area contributed by atoms with Gasteiger partial charge < -0.3 is 4.42 Å². The van der Waals surface area contributed by atoms with E-state index in [1.54, 1.807) is 54.5 Å². The van der Waals surface area contributed by atoms with Crippen molar-refractivity contribution in [3.63, 3.8) is 0 Å². The van der Waals surface area contributed by atoms with Crippen LogP contribution in [0, 0.1) is 6.92 Å². The van der Waals surface area contributed by atoms with Crippen molar-refractivity contribution in [3.05, 3.63) is 72.7 Å². The van der Waals surface area contributed by atoms with E-state index in [9.17, 15) is 8.42 Å². The predicted molar refractivity (Wildman–Crippen MR) is 107 cm³/mol. The molecule has 0 aliphatic rings. The number of aromatic nitrogens is 4. The minimum absolute atomic E-state index is 0.146. The van der Waals surface area contributed by atoms with Crippen molar-refractivity contribution in [3.8, 4) is 22.5 Å². The molecular weight excluding hydrogens is 390 g/mol. The number of nitrogens with one attached hydrogen (secondary N) is 1. The van der Waals surface area contributed by atoms with Crippen molar-refractivity contribution < 1.29 is 12.8 Å². The molecule has 148 valence electrons. The SMILES string of the molecule is Cc1nc(-c2ccc(S(=O)(=O)NCc3ccc(-c4cnn(C)c4)nc3)cc2)co1. The minimum Gasteiger partial charge on any atom is -0.449 e. The zero-order valence-corrected chi connectivity index (χ0v) is 16.7. The Bertz CT molecular complexity index is 1230. The molecule has 4 rings (SSSR count). The summed E-state index contributed by atoms with van der Waals surface area (Å²) in [5.74, 6) is 0.557. The van der Waals surface area contributed by atoms with Gasteiger partial charge in [-0.25, -0.2) is 18.1 Å². The third-order valence-electron chi connectivity index (χ3n) is 4.37. The average molecular weight is 409 g/mol. The Hall–Kier alpha value is -3.30. The van der Waals surface area contributed by atoms with Crippen LogP contribution in [0.2, 0.25) is 0 Å². The molecule has 3 aromatic heterocycles. The van der Waals surface area contributed by atoms with Crippen LogP contribution in [0.25, 0.3) is 22.5 Å². The second-order valence-corrected chi connectivity index (χ2v) is 8.32. The van der Waals surface area contributed by atoms with E-state index in [1.807, 2.05) is 25.4 Å². The Morgan fingerprint density at radius 2 is 1.83 bits per heavy atom. The summed E-state index contributed by atoms with van der Waals surface area (Å²) < 4.78 is 34.6. The lowest BCUT2D eigenvalue weighted by Crippen LogP contribution is -2.23. The maximum Gasteiger partial charge on any atom is 0.240 e. The molecule has 0 aliphatic heterocycles. The lowest BCUT2D eigenvalue weighted by Gasteiger charge is -2.08. The first-order valence-electron chi connectivity index (χ1n) is 8.87. The molecule has 1 N–H and O–H groups in total. The Kier molecular flexibility index (Phi) is 4.99. The Balaban J connectivity index is 1.43. The van der Waals surface area contributed by atoms with Gasteiger partial charge >= 0.3 is 0 Å². The molecule has 8 nitrogen and oxygen atoms in total. The highest BCUT2D eigenvalue weighted by Crippen LogP contribution is 2.21. The number of rotatable bonds is 6. The molecule has 0 fully saturated rings. The molecule has 0 atom stereocenters. The van der Waals surface area contributed by atoms with E-state index in [4.69, 9.17) is 4.42 Å². The van der Waals surface area contributed by atoms with E-state index in [1.165, 1.54) is 0 Å². The Morgan fingerprint density at radius 1 is 1.03 bits per heavy atom. The van der Waals surface area contributed by atoms with Crippen molar-refractivity contribution in [2.24, 2.45) is 7.05 Å². The third-order valence-corrected chi connectivity index (χ3v) is 5.79.